The van der Waals surface area contributed by atoms with Crippen LogP contribution in [0.4, 0.5) is 0 Å². The monoisotopic (exact) mass is 425 g/mol. The van der Waals surface area contributed by atoms with Gasteiger partial charge in [0.2, 0.25) is 0 Å². The summed E-state index contributed by atoms with van der Waals surface area (Å²) in [6.45, 7) is 0. The molecule has 0 aliphatic rings. The quantitative estimate of drug-likeness (QED) is 0.369. The Bertz CT molecular complexity index is 1330. The van der Waals surface area contributed by atoms with Crippen LogP contribution in [-0.2, 0) is 19.8 Å². The summed E-state index contributed by atoms with van der Waals surface area (Å²) in [7, 11) is 3.03. The van der Waals surface area contributed by atoms with Gasteiger partial charge in [-0.25, -0.2) is 14.8 Å². The van der Waals surface area contributed by atoms with Crippen LogP contribution in [0.2, 0.25) is 5.02 Å². The number of aryl methyl sites for hydroxylation is 1. The highest BCUT2D eigenvalue weighted by atomic mass is 35.5. The molecule has 9 heteroatoms. The van der Waals surface area contributed by atoms with Crippen LogP contribution < -0.4 is 11.2 Å². The van der Waals surface area contributed by atoms with Crippen LogP contribution in [0, 0.1) is 0 Å². The van der Waals surface area contributed by atoms with E-state index < -0.39 is 11.2 Å². The van der Waals surface area contributed by atoms with Crippen molar-refractivity contribution in [3.8, 4) is 11.4 Å². The molecule has 0 fully saturated rings. The first kappa shape index (κ1) is 19.4. The maximum Gasteiger partial charge on any atom is 0.332 e. The van der Waals surface area contributed by atoms with Crippen LogP contribution in [-0.4, -0.2) is 24.1 Å². The number of nitrogens with zero attached hydrogens (tertiary/aromatic N) is 5. The van der Waals surface area contributed by atoms with Crippen molar-refractivity contribution < 1.29 is 0 Å². The number of pyridine rings is 1. The molecule has 0 atom stereocenters. The second kappa shape index (κ2) is 7.81. The zero-order valence-corrected chi connectivity index (χ0v) is 17.2. The van der Waals surface area contributed by atoms with Gasteiger partial charge in [0.1, 0.15) is 10.4 Å². The van der Waals surface area contributed by atoms with Crippen molar-refractivity contribution in [2.75, 3.05) is 0 Å². The number of fused-ring (bicyclic) bond motifs is 1. The minimum absolute atomic E-state index is 0.275. The smallest absolute Gasteiger partial charge is 0.280 e. The van der Waals surface area contributed by atoms with Crippen LogP contribution in [0.25, 0.3) is 22.4 Å². The molecule has 1 aromatic carbocycles. The van der Waals surface area contributed by atoms with Gasteiger partial charge in [-0.2, -0.15) is 0 Å². The highest BCUT2D eigenvalue weighted by Gasteiger charge is 2.19. The lowest BCUT2D eigenvalue weighted by Crippen LogP contribution is -2.37. The van der Waals surface area contributed by atoms with Crippen molar-refractivity contribution >= 4 is 34.4 Å². The van der Waals surface area contributed by atoms with Crippen LogP contribution in [0.1, 0.15) is 5.56 Å². The Kier molecular flexibility index (Phi) is 5.21. The van der Waals surface area contributed by atoms with Gasteiger partial charge in [0, 0.05) is 37.8 Å². The molecule has 4 aromatic rings. The average Bonchev–Trinajstić information content (AvgIpc) is 2.75. The van der Waals surface area contributed by atoms with Crippen LogP contribution >= 0.6 is 23.4 Å². The van der Waals surface area contributed by atoms with Crippen molar-refractivity contribution in [3.63, 3.8) is 0 Å². The minimum atomic E-state index is -0.450. The Morgan fingerprint density at radius 3 is 2.55 bits per heavy atom. The van der Waals surface area contributed by atoms with E-state index >= 15 is 0 Å². The second-order valence-corrected chi connectivity index (χ2v) is 7.76. The van der Waals surface area contributed by atoms with Gasteiger partial charge in [0.05, 0.1) is 5.02 Å². The molecule has 0 unspecified atom stereocenters. The molecule has 0 aliphatic carbocycles. The summed E-state index contributed by atoms with van der Waals surface area (Å²) in [6, 6.07) is 11.0. The Morgan fingerprint density at radius 2 is 1.83 bits per heavy atom. The summed E-state index contributed by atoms with van der Waals surface area (Å²) in [5, 5.41) is 1.29. The fourth-order valence-electron chi connectivity index (χ4n) is 2.93. The zero-order chi connectivity index (χ0) is 20.5. The Balaban J connectivity index is 1.97. The van der Waals surface area contributed by atoms with Crippen molar-refractivity contribution in [3.05, 3.63) is 80.2 Å². The SMILES string of the molecule is Cn1c(=O)c2c(SCc3cccnc3)nc(-c3ccccc3Cl)nc2n(C)c1=O. The molecule has 0 bridgehead atoms. The van der Waals surface area contributed by atoms with Crippen molar-refractivity contribution in [2.24, 2.45) is 14.1 Å². The fraction of sp³-hybridized carbons (Fsp3) is 0.150. The van der Waals surface area contributed by atoms with E-state index in [0.717, 1.165) is 10.1 Å². The molecular weight excluding hydrogens is 410 g/mol. The van der Waals surface area contributed by atoms with Gasteiger partial charge >= 0.3 is 5.69 Å². The summed E-state index contributed by atoms with van der Waals surface area (Å²) >= 11 is 7.73. The van der Waals surface area contributed by atoms with Gasteiger partial charge in [0.25, 0.3) is 5.56 Å². The first-order valence-corrected chi connectivity index (χ1v) is 10.1. The van der Waals surface area contributed by atoms with Gasteiger partial charge in [-0.3, -0.25) is 18.9 Å². The molecule has 0 aliphatic heterocycles. The molecular formula is C20H16ClN5O2S. The van der Waals surface area contributed by atoms with Crippen molar-refractivity contribution in [1.29, 1.82) is 0 Å². The fourth-order valence-corrected chi connectivity index (χ4v) is 4.10. The summed E-state index contributed by atoms with van der Waals surface area (Å²) in [5.41, 5.74) is 1.02. The molecule has 3 heterocycles. The minimum Gasteiger partial charge on any atom is -0.280 e. The molecule has 0 amide bonds. The van der Waals surface area contributed by atoms with Crippen LogP contribution in [0.3, 0.4) is 0 Å². The number of aromatic nitrogens is 5. The number of rotatable bonds is 4. The van der Waals surface area contributed by atoms with Gasteiger partial charge in [0.15, 0.2) is 11.5 Å². The van der Waals surface area contributed by atoms with Gasteiger partial charge < -0.3 is 0 Å². The lowest BCUT2D eigenvalue weighted by Gasteiger charge is -2.12. The zero-order valence-electron chi connectivity index (χ0n) is 15.7. The molecule has 0 N–H and O–H groups in total. The Hall–Kier alpha value is -2.97. The molecule has 0 spiro atoms. The van der Waals surface area contributed by atoms with E-state index in [1.165, 1.54) is 23.4 Å². The van der Waals surface area contributed by atoms with Crippen molar-refractivity contribution in [1.82, 2.24) is 24.1 Å². The van der Waals surface area contributed by atoms with E-state index in [1.807, 2.05) is 24.3 Å². The predicted octanol–water partition coefficient (Wildman–Crippen LogP) is 3.03. The Labute approximate surface area is 175 Å². The topological polar surface area (TPSA) is 82.7 Å². The molecule has 3 aromatic heterocycles. The number of hydrogen-bond donors (Lipinski definition) is 0. The summed E-state index contributed by atoms with van der Waals surface area (Å²) in [6.07, 6.45) is 3.47. The number of thioether (sulfide) groups is 1. The van der Waals surface area contributed by atoms with Gasteiger partial charge in [-0.1, -0.05) is 29.8 Å². The van der Waals surface area contributed by atoms with E-state index in [4.69, 9.17) is 11.6 Å². The molecule has 4 rings (SSSR count). The van der Waals surface area contributed by atoms with E-state index in [0.29, 0.717) is 32.6 Å². The third kappa shape index (κ3) is 3.56. The van der Waals surface area contributed by atoms with E-state index in [-0.39, 0.29) is 5.65 Å². The molecule has 0 radical (unpaired) electrons. The summed E-state index contributed by atoms with van der Waals surface area (Å²) in [4.78, 5) is 38.6. The average molecular weight is 426 g/mol. The van der Waals surface area contributed by atoms with Gasteiger partial charge in [-0.15, -0.1) is 11.8 Å². The maximum absolute atomic E-state index is 12.9. The lowest BCUT2D eigenvalue weighted by atomic mass is 10.2. The molecule has 29 heavy (non-hydrogen) atoms. The molecule has 7 nitrogen and oxygen atoms in total. The van der Waals surface area contributed by atoms with E-state index in [1.54, 1.807) is 31.6 Å². The highest BCUT2D eigenvalue weighted by molar-refractivity contribution is 7.98. The number of hydrogen-bond acceptors (Lipinski definition) is 6. The second-order valence-electron chi connectivity index (χ2n) is 6.39. The summed E-state index contributed by atoms with van der Waals surface area (Å²) in [5.74, 6) is 0.925. The highest BCUT2D eigenvalue weighted by Crippen LogP contribution is 2.30. The molecule has 0 saturated heterocycles. The summed E-state index contributed by atoms with van der Waals surface area (Å²) < 4.78 is 2.42. The van der Waals surface area contributed by atoms with Crippen LogP contribution in [0.5, 0.6) is 0 Å². The van der Waals surface area contributed by atoms with Crippen LogP contribution in [0.15, 0.2) is 63.4 Å². The lowest BCUT2D eigenvalue weighted by molar-refractivity contribution is 0.703. The van der Waals surface area contributed by atoms with Crippen molar-refractivity contribution in [2.45, 2.75) is 10.8 Å². The standard InChI is InChI=1S/C20H16ClN5O2S/c1-25-17-15(19(27)26(2)20(25)28)18(29-11-12-6-5-9-22-10-12)24-16(23-17)13-7-3-4-8-14(13)21/h3-10H,11H2,1-2H3. The third-order valence-electron chi connectivity index (χ3n) is 4.48. The third-order valence-corrected chi connectivity index (χ3v) is 5.86. The first-order chi connectivity index (χ1) is 14.0. The number of halogens is 1. The van der Waals surface area contributed by atoms with E-state index in [2.05, 4.69) is 15.0 Å². The van der Waals surface area contributed by atoms with E-state index in [9.17, 15) is 9.59 Å². The first-order valence-electron chi connectivity index (χ1n) is 8.71. The Morgan fingerprint density at radius 1 is 1.03 bits per heavy atom. The molecule has 146 valence electrons. The largest absolute Gasteiger partial charge is 0.332 e. The molecule has 0 saturated carbocycles. The maximum atomic E-state index is 12.9. The van der Waals surface area contributed by atoms with Gasteiger partial charge in [-0.05, 0) is 23.8 Å². The number of benzene rings is 1. The normalized spacial score (nSPS) is 11.1. The predicted molar refractivity (Wildman–Crippen MR) is 114 cm³/mol.